The van der Waals surface area contributed by atoms with Gasteiger partial charge >= 0.3 is 0 Å². The van der Waals surface area contributed by atoms with Gasteiger partial charge in [0.2, 0.25) is 0 Å². The lowest BCUT2D eigenvalue weighted by molar-refractivity contribution is 0.586. The molecule has 0 saturated carbocycles. The Labute approximate surface area is 122 Å². The summed E-state index contributed by atoms with van der Waals surface area (Å²) in [6.45, 7) is 6.64. The van der Waals surface area contributed by atoms with Crippen molar-refractivity contribution in [1.82, 2.24) is 9.97 Å². The first-order valence-electron chi connectivity index (χ1n) is 6.84. The van der Waals surface area contributed by atoms with E-state index in [9.17, 15) is 8.78 Å². The second kappa shape index (κ2) is 6.47. The minimum atomic E-state index is -0.662. The summed E-state index contributed by atoms with van der Waals surface area (Å²) in [5.74, 6) is 0.652. The van der Waals surface area contributed by atoms with Crippen LogP contribution in [-0.2, 0) is 0 Å². The van der Waals surface area contributed by atoms with E-state index in [1.165, 1.54) is 12.1 Å². The molecule has 1 aromatic carbocycles. The summed E-state index contributed by atoms with van der Waals surface area (Å²) in [4.78, 5) is 8.74. The first-order valence-corrected chi connectivity index (χ1v) is 6.84. The second-order valence-electron chi connectivity index (χ2n) is 4.93. The molecular formula is C15H18F2N4. The molecule has 112 valence electrons. The Morgan fingerprint density at radius 3 is 2.43 bits per heavy atom. The van der Waals surface area contributed by atoms with Gasteiger partial charge in [-0.15, -0.1) is 0 Å². The smallest absolute Gasteiger partial charge is 0.149 e. The molecule has 21 heavy (non-hydrogen) atoms. The summed E-state index contributed by atoms with van der Waals surface area (Å²) < 4.78 is 26.6. The molecule has 0 saturated heterocycles. The topological polar surface area (TPSA) is 49.8 Å². The highest BCUT2D eigenvalue weighted by Crippen LogP contribution is 2.22. The number of hydrogen-bond acceptors (Lipinski definition) is 4. The van der Waals surface area contributed by atoms with Crippen LogP contribution in [0, 0.1) is 11.6 Å². The fraction of sp³-hybridized carbons (Fsp3) is 0.333. The third-order valence-electron chi connectivity index (χ3n) is 2.81. The van der Waals surface area contributed by atoms with Crippen LogP contribution in [0.5, 0.6) is 0 Å². The fourth-order valence-electron chi connectivity index (χ4n) is 1.79. The van der Waals surface area contributed by atoms with E-state index in [4.69, 9.17) is 0 Å². The fourth-order valence-corrected chi connectivity index (χ4v) is 1.79. The zero-order valence-electron chi connectivity index (χ0n) is 12.2. The van der Waals surface area contributed by atoms with Gasteiger partial charge in [-0.2, -0.15) is 0 Å². The minimum absolute atomic E-state index is 0.141. The van der Waals surface area contributed by atoms with Crippen LogP contribution in [0.15, 0.2) is 24.3 Å². The molecule has 4 nitrogen and oxygen atoms in total. The highest BCUT2D eigenvalue weighted by molar-refractivity contribution is 5.59. The Morgan fingerprint density at radius 1 is 1.10 bits per heavy atom. The Morgan fingerprint density at radius 2 is 1.81 bits per heavy atom. The molecule has 6 heteroatoms. The van der Waals surface area contributed by atoms with Crippen LogP contribution >= 0.6 is 0 Å². The highest BCUT2D eigenvalue weighted by Gasteiger charge is 2.10. The van der Waals surface area contributed by atoms with E-state index >= 15 is 0 Å². The van der Waals surface area contributed by atoms with Crippen molar-refractivity contribution in [3.63, 3.8) is 0 Å². The molecule has 1 aromatic heterocycles. The maximum Gasteiger partial charge on any atom is 0.149 e. The summed E-state index contributed by atoms with van der Waals surface area (Å²) in [5.41, 5.74) is 0.173. The van der Waals surface area contributed by atoms with E-state index in [2.05, 4.69) is 20.6 Å². The van der Waals surface area contributed by atoms with Gasteiger partial charge in [0, 0.05) is 24.6 Å². The first-order chi connectivity index (χ1) is 9.99. The van der Waals surface area contributed by atoms with Crippen molar-refractivity contribution < 1.29 is 8.78 Å². The van der Waals surface area contributed by atoms with Gasteiger partial charge in [-0.3, -0.25) is 0 Å². The number of nitrogens with one attached hydrogen (secondary N) is 2. The summed E-state index contributed by atoms with van der Waals surface area (Å²) in [6, 6.07) is 5.06. The molecule has 0 bridgehead atoms. The lowest BCUT2D eigenvalue weighted by atomic mass is 10.2. The van der Waals surface area contributed by atoms with Crippen molar-refractivity contribution in [2.75, 3.05) is 17.2 Å². The van der Waals surface area contributed by atoms with Gasteiger partial charge < -0.3 is 10.6 Å². The van der Waals surface area contributed by atoms with E-state index in [1.807, 2.05) is 20.8 Å². The van der Waals surface area contributed by atoms with Gasteiger partial charge in [-0.05, 0) is 19.1 Å². The zero-order valence-corrected chi connectivity index (χ0v) is 12.2. The minimum Gasteiger partial charge on any atom is -0.370 e. The van der Waals surface area contributed by atoms with Gasteiger partial charge in [0.25, 0.3) is 0 Å². The predicted molar refractivity (Wildman–Crippen MR) is 79.9 cm³/mol. The van der Waals surface area contributed by atoms with Crippen LogP contribution in [0.2, 0.25) is 0 Å². The monoisotopic (exact) mass is 292 g/mol. The van der Waals surface area contributed by atoms with Crippen molar-refractivity contribution in [2.45, 2.75) is 26.7 Å². The van der Waals surface area contributed by atoms with Crippen molar-refractivity contribution >= 4 is 17.3 Å². The summed E-state index contributed by atoms with van der Waals surface area (Å²) >= 11 is 0. The molecule has 0 fully saturated rings. The summed E-state index contributed by atoms with van der Waals surface area (Å²) in [7, 11) is 0. The molecule has 2 N–H and O–H groups in total. The Kier molecular flexibility index (Phi) is 4.67. The van der Waals surface area contributed by atoms with Crippen LogP contribution in [0.3, 0.4) is 0 Å². The van der Waals surface area contributed by atoms with E-state index < -0.39 is 11.6 Å². The number of halogens is 2. The van der Waals surface area contributed by atoms with Crippen LogP contribution in [0.25, 0.3) is 0 Å². The SMILES string of the molecule is CCNc1cc(Nc2ccc(F)cc2F)nc(C(C)C)n1. The molecule has 0 aliphatic carbocycles. The second-order valence-corrected chi connectivity index (χ2v) is 4.93. The molecule has 0 amide bonds. The van der Waals surface area contributed by atoms with Gasteiger partial charge in [0.1, 0.15) is 29.1 Å². The molecule has 0 unspecified atom stereocenters. The summed E-state index contributed by atoms with van der Waals surface area (Å²) in [5, 5.41) is 5.97. The molecule has 0 aliphatic heterocycles. The van der Waals surface area contributed by atoms with Gasteiger partial charge in [-0.1, -0.05) is 13.8 Å². The third-order valence-corrected chi connectivity index (χ3v) is 2.81. The molecule has 0 radical (unpaired) electrons. The quantitative estimate of drug-likeness (QED) is 0.872. The lowest BCUT2D eigenvalue weighted by Gasteiger charge is -2.12. The van der Waals surface area contributed by atoms with Crippen LogP contribution in [-0.4, -0.2) is 16.5 Å². The number of benzene rings is 1. The molecular weight excluding hydrogens is 274 g/mol. The molecule has 0 aliphatic rings. The normalized spacial score (nSPS) is 10.8. The van der Waals surface area contributed by atoms with E-state index in [-0.39, 0.29) is 11.6 Å². The number of hydrogen-bond donors (Lipinski definition) is 2. The average molecular weight is 292 g/mol. The van der Waals surface area contributed by atoms with Crippen LogP contribution < -0.4 is 10.6 Å². The molecule has 1 heterocycles. The Bertz CT molecular complexity index is 629. The van der Waals surface area contributed by atoms with Crippen molar-refractivity contribution in [2.24, 2.45) is 0 Å². The lowest BCUT2D eigenvalue weighted by Crippen LogP contribution is -2.07. The third kappa shape index (κ3) is 3.87. The number of rotatable bonds is 5. The van der Waals surface area contributed by atoms with Crippen molar-refractivity contribution in [1.29, 1.82) is 0 Å². The average Bonchev–Trinajstić information content (AvgIpc) is 2.42. The Hall–Kier alpha value is -2.24. The van der Waals surface area contributed by atoms with Crippen molar-refractivity contribution in [3.8, 4) is 0 Å². The largest absolute Gasteiger partial charge is 0.370 e. The molecule has 2 rings (SSSR count). The van der Waals surface area contributed by atoms with Gasteiger partial charge in [0.05, 0.1) is 5.69 Å². The number of nitrogens with zero attached hydrogens (tertiary/aromatic N) is 2. The van der Waals surface area contributed by atoms with E-state index in [0.717, 1.165) is 12.6 Å². The van der Waals surface area contributed by atoms with Crippen LogP contribution in [0.1, 0.15) is 32.5 Å². The maximum absolute atomic E-state index is 13.7. The number of aromatic nitrogens is 2. The Balaban J connectivity index is 2.33. The van der Waals surface area contributed by atoms with Gasteiger partial charge in [-0.25, -0.2) is 18.7 Å². The molecule has 0 spiro atoms. The highest BCUT2D eigenvalue weighted by atomic mass is 19.1. The molecule has 2 aromatic rings. The first kappa shape index (κ1) is 15.2. The molecule has 0 atom stereocenters. The predicted octanol–water partition coefficient (Wildman–Crippen LogP) is 4.05. The van der Waals surface area contributed by atoms with E-state index in [1.54, 1.807) is 6.07 Å². The van der Waals surface area contributed by atoms with Gasteiger partial charge in [0.15, 0.2) is 0 Å². The van der Waals surface area contributed by atoms with Crippen LogP contribution in [0.4, 0.5) is 26.1 Å². The van der Waals surface area contributed by atoms with Crippen molar-refractivity contribution in [3.05, 3.63) is 41.7 Å². The number of anilines is 3. The summed E-state index contributed by atoms with van der Waals surface area (Å²) in [6.07, 6.45) is 0. The standard InChI is InChI=1S/C15H18F2N4/c1-4-18-13-8-14(21-15(20-13)9(2)3)19-12-6-5-10(16)7-11(12)17/h5-9H,4H2,1-3H3,(H2,18,19,20,21). The van der Waals surface area contributed by atoms with E-state index in [0.29, 0.717) is 17.5 Å². The maximum atomic E-state index is 13.7. The zero-order chi connectivity index (χ0) is 15.4.